The second kappa shape index (κ2) is 4.93. The molecule has 4 nitrogen and oxygen atoms in total. The third-order valence-electron chi connectivity index (χ3n) is 4.87. The lowest BCUT2D eigenvalue weighted by atomic mass is 9.84. The first-order valence-corrected chi connectivity index (χ1v) is 7.09. The van der Waals surface area contributed by atoms with Crippen LogP contribution in [-0.2, 0) is 11.3 Å². The normalized spacial score (nSPS) is 32.5. The van der Waals surface area contributed by atoms with Crippen LogP contribution < -0.4 is 11.1 Å². The molecule has 3 rings (SSSR count). The van der Waals surface area contributed by atoms with Crippen molar-refractivity contribution < 1.29 is 4.79 Å². The molecule has 3 N–H and O–H groups in total. The number of carbonyl (C=O) groups excluding carboxylic acids is 1. The number of nitrogens with one attached hydrogen (secondary N) is 1. The van der Waals surface area contributed by atoms with Crippen LogP contribution in [0, 0.1) is 24.7 Å². The Morgan fingerprint density at radius 1 is 1.47 bits per heavy atom. The van der Waals surface area contributed by atoms with Gasteiger partial charge in [0.1, 0.15) is 0 Å². The number of carbonyl (C=O) groups is 1. The highest BCUT2D eigenvalue weighted by Crippen LogP contribution is 2.47. The van der Waals surface area contributed by atoms with Gasteiger partial charge in [-0.15, -0.1) is 0 Å². The lowest BCUT2D eigenvalue weighted by Crippen LogP contribution is -2.45. The minimum absolute atomic E-state index is 0.0286. The zero-order chi connectivity index (χ0) is 13.4. The van der Waals surface area contributed by atoms with Gasteiger partial charge in [0.25, 0.3) is 0 Å². The van der Waals surface area contributed by atoms with E-state index in [2.05, 4.69) is 10.3 Å². The molecule has 1 amide bonds. The van der Waals surface area contributed by atoms with Crippen LogP contribution >= 0.6 is 0 Å². The molecule has 4 heteroatoms. The molecule has 2 bridgehead atoms. The fraction of sp³-hybridized carbons (Fsp3) is 0.600. The highest BCUT2D eigenvalue weighted by atomic mass is 16.1. The van der Waals surface area contributed by atoms with Crippen molar-refractivity contribution in [3.63, 3.8) is 0 Å². The molecule has 1 aromatic heterocycles. The van der Waals surface area contributed by atoms with Crippen molar-refractivity contribution in [3.05, 3.63) is 29.6 Å². The summed E-state index contributed by atoms with van der Waals surface area (Å²) in [6, 6.07) is 2.02. The molecule has 0 aromatic carbocycles. The van der Waals surface area contributed by atoms with E-state index in [1.807, 2.05) is 19.2 Å². The molecule has 0 aliphatic heterocycles. The number of fused-ring (bicyclic) bond motifs is 2. The molecule has 2 saturated carbocycles. The van der Waals surface area contributed by atoms with E-state index in [0.717, 1.165) is 17.5 Å². The van der Waals surface area contributed by atoms with Gasteiger partial charge in [0.05, 0.1) is 5.92 Å². The van der Waals surface area contributed by atoms with Crippen LogP contribution in [0.5, 0.6) is 0 Å². The van der Waals surface area contributed by atoms with Gasteiger partial charge in [0.15, 0.2) is 0 Å². The number of nitrogens with zero attached hydrogens (tertiary/aromatic N) is 1. The summed E-state index contributed by atoms with van der Waals surface area (Å²) in [6.45, 7) is 2.59. The Kier molecular flexibility index (Phi) is 3.27. The van der Waals surface area contributed by atoms with Crippen molar-refractivity contribution >= 4 is 5.91 Å². The molecule has 19 heavy (non-hydrogen) atoms. The lowest BCUT2D eigenvalue weighted by molar-refractivity contribution is -0.127. The van der Waals surface area contributed by atoms with Crippen LogP contribution in [0.4, 0.5) is 0 Å². The molecule has 4 atom stereocenters. The Morgan fingerprint density at radius 3 is 2.95 bits per heavy atom. The molecule has 2 aliphatic carbocycles. The summed E-state index contributed by atoms with van der Waals surface area (Å²) >= 11 is 0. The molecular weight excluding hydrogens is 238 g/mol. The summed E-state index contributed by atoms with van der Waals surface area (Å²) in [5.74, 6) is 1.25. The number of aromatic nitrogens is 1. The van der Waals surface area contributed by atoms with Crippen molar-refractivity contribution in [2.24, 2.45) is 23.5 Å². The number of amides is 1. The summed E-state index contributed by atoms with van der Waals surface area (Å²) in [7, 11) is 0. The Hall–Kier alpha value is -1.42. The van der Waals surface area contributed by atoms with Crippen molar-refractivity contribution in [2.45, 2.75) is 38.8 Å². The monoisotopic (exact) mass is 259 g/mol. The number of pyridine rings is 1. The predicted octanol–water partition coefficient (Wildman–Crippen LogP) is 1.38. The van der Waals surface area contributed by atoms with Crippen molar-refractivity contribution in [1.82, 2.24) is 10.3 Å². The molecule has 0 spiro atoms. The highest BCUT2D eigenvalue weighted by molar-refractivity contribution is 5.80. The summed E-state index contributed by atoms with van der Waals surface area (Å²) in [6.07, 6.45) is 7.11. The summed E-state index contributed by atoms with van der Waals surface area (Å²) in [4.78, 5) is 16.4. The first-order valence-electron chi connectivity index (χ1n) is 7.09. The van der Waals surface area contributed by atoms with Gasteiger partial charge in [-0.3, -0.25) is 9.78 Å². The van der Waals surface area contributed by atoms with Crippen molar-refractivity contribution in [3.8, 4) is 0 Å². The number of rotatable bonds is 3. The van der Waals surface area contributed by atoms with Gasteiger partial charge in [0.2, 0.25) is 5.91 Å². The standard InChI is InChI=1S/C15H21N3O/c1-9-7-17-5-4-12(9)8-18-15(19)13-10-2-3-11(6-10)14(13)16/h4-5,7,10-11,13-14H,2-3,6,8,16H2,1H3,(H,18,19). The van der Waals surface area contributed by atoms with Gasteiger partial charge in [-0.25, -0.2) is 0 Å². The van der Waals surface area contributed by atoms with Gasteiger partial charge in [-0.2, -0.15) is 0 Å². The van der Waals surface area contributed by atoms with Crippen LogP contribution in [0.2, 0.25) is 0 Å². The Labute approximate surface area is 113 Å². The minimum Gasteiger partial charge on any atom is -0.352 e. The van der Waals surface area contributed by atoms with Crippen LogP contribution in [-0.4, -0.2) is 16.9 Å². The van der Waals surface area contributed by atoms with Gasteiger partial charge < -0.3 is 11.1 Å². The second-order valence-electron chi connectivity index (χ2n) is 5.96. The lowest BCUT2D eigenvalue weighted by Gasteiger charge is -2.27. The van der Waals surface area contributed by atoms with Crippen LogP contribution in [0.15, 0.2) is 18.5 Å². The van der Waals surface area contributed by atoms with Crippen LogP contribution in [0.3, 0.4) is 0 Å². The zero-order valence-corrected chi connectivity index (χ0v) is 11.3. The third kappa shape index (κ3) is 2.25. The molecule has 0 saturated heterocycles. The van der Waals surface area contributed by atoms with E-state index in [0.29, 0.717) is 18.4 Å². The number of hydrogen-bond acceptors (Lipinski definition) is 3. The van der Waals surface area contributed by atoms with Crippen molar-refractivity contribution in [1.29, 1.82) is 0 Å². The third-order valence-corrected chi connectivity index (χ3v) is 4.87. The molecule has 1 heterocycles. The van der Waals surface area contributed by atoms with E-state index in [1.165, 1.54) is 12.8 Å². The van der Waals surface area contributed by atoms with Gasteiger partial charge in [-0.05, 0) is 55.2 Å². The summed E-state index contributed by atoms with van der Waals surface area (Å²) in [5.41, 5.74) is 8.43. The van der Waals surface area contributed by atoms with Crippen molar-refractivity contribution in [2.75, 3.05) is 0 Å². The fourth-order valence-electron chi connectivity index (χ4n) is 3.73. The van der Waals surface area contributed by atoms with E-state index in [1.54, 1.807) is 6.20 Å². The Bertz CT molecular complexity index is 486. The average molecular weight is 259 g/mol. The molecule has 1 aromatic rings. The molecule has 2 fully saturated rings. The van der Waals surface area contributed by atoms with Gasteiger partial charge >= 0.3 is 0 Å². The highest BCUT2D eigenvalue weighted by Gasteiger charge is 2.48. The molecule has 102 valence electrons. The maximum Gasteiger partial charge on any atom is 0.225 e. The zero-order valence-electron chi connectivity index (χ0n) is 11.3. The van der Waals surface area contributed by atoms with E-state index in [9.17, 15) is 4.79 Å². The summed E-state index contributed by atoms with van der Waals surface area (Å²) in [5, 5.41) is 3.05. The Balaban J connectivity index is 1.62. The largest absolute Gasteiger partial charge is 0.352 e. The van der Waals surface area contributed by atoms with Crippen LogP contribution in [0.1, 0.15) is 30.4 Å². The average Bonchev–Trinajstić information content (AvgIpc) is 2.98. The van der Waals surface area contributed by atoms with Crippen LogP contribution in [0.25, 0.3) is 0 Å². The molecule has 0 radical (unpaired) electrons. The SMILES string of the molecule is Cc1cnccc1CNC(=O)C1C2CCC(C2)C1N. The van der Waals surface area contributed by atoms with E-state index < -0.39 is 0 Å². The minimum atomic E-state index is 0.0286. The van der Waals surface area contributed by atoms with E-state index in [4.69, 9.17) is 5.73 Å². The maximum absolute atomic E-state index is 12.3. The molecule has 4 unspecified atom stereocenters. The van der Waals surface area contributed by atoms with Gasteiger partial charge in [-0.1, -0.05) is 0 Å². The first-order chi connectivity index (χ1) is 9.16. The maximum atomic E-state index is 12.3. The van der Waals surface area contributed by atoms with Gasteiger partial charge in [0, 0.05) is 25.0 Å². The summed E-state index contributed by atoms with van der Waals surface area (Å²) < 4.78 is 0. The molecular formula is C15H21N3O. The Morgan fingerprint density at radius 2 is 2.26 bits per heavy atom. The second-order valence-corrected chi connectivity index (χ2v) is 5.96. The number of hydrogen-bond donors (Lipinski definition) is 2. The first kappa shape index (κ1) is 12.6. The van der Waals surface area contributed by atoms with E-state index in [-0.39, 0.29) is 17.9 Å². The fourth-order valence-corrected chi connectivity index (χ4v) is 3.73. The number of nitrogens with two attached hydrogens (primary N) is 1. The topological polar surface area (TPSA) is 68.0 Å². The quantitative estimate of drug-likeness (QED) is 0.861. The van der Waals surface area contributed by atoms with E-state index >= 15 is 0 Å². The smallest absolute Gasteiger partial charge is 0.225 e. The number of aryl methyl sites for hydroxylation is 1. The molecule has 2 aliphatic rings. The predicted molar refractivity (Wildman–Crippen MR) is 73.1 cm³/mol.